The van der Waals surface area contributed by atoms with E-state index in [1.54, 1.807) is 12.1 Å². The molecule has 0 aliphatic carbocycles. The number of ether oxygens (including phenoxy) is 3. The first kappa shape index (κ1) is 22.5. The average molecular weight is 448 g/mol. The highest BCUT2D eigenvalue weighted by atomic mass is 35.5. The van der Waals surface area contributed by atoms with Crippen LogP contribution < -0.4 is 9.47 Å². The summed E-state index contributed by atoms with van der Waals surface area (Å²) in [6, 6.07) is 8.12. The monoisotopic (exact) mass is 447 g/mol. The normalized spacial score (nSPS) is 17.8. The molecule has 1 aliphatic heterocycles. The van der Waals surface area contributed by atoms with Crippen molar-refractivity contribution >= 4 is 29.1 Å². The van der Waals surface area contributed by atoms with Gasteiger partial charge in [-0.3, -0.25) is 9.59 Å². The number of amides is 1. The van der Waals surface area contributed by atoms with E-state index in [1.165, 1.54) is 50.5 Å². The molecule has 1 unspecified atom stereocenters. The van der Waals surface area contributed by atoms with Gasteiger partial charge in [0.05, 0.1) is 37.5 Å². The second kappa shape index (κ2) is 9.28. The molecule has 1 heterocycles. The summed E-state index contributed by atoms with van der Waals surface area (Å²) in [7, 11) is 4.34. The Hall–Kier alpha value is -3.23. The standard InChI is InChI=1S/C22H22ClNO7/c1-29-9-8-24-19(12-4-7-17(31-3)15(25)11-12)18(21(27)22(24)28)20(26)13-5-6-16(30-2)14(23)10-13/h4-7,10-11,19,25-26H,8-9H2,1-3H3/b20-18-. The van der Waals surface area contributed by atoms with E-state index in [2.05, 4.69) is 0 Å². The lowest BCUT2D eigenvalue weighted by atomic mass is 9.95. The van der Waals surface area contributed by atoms with Crippen molar-refractivity contribution in [2.45, 2.75) is 6.04 Å². The molecule has 1 atom stereocenters. The Labute approximate surface area is 184 Å². The van der Waals surface area contributed by atoms with Crippen molar-refractivity contribution in [3.05, 3.63) is 58.1 Å². The number of rotatable bonds is 7. The molecule has 8 nitrogen and oxygen atoms in total. The van der Waals surface area contributed by atoms with Gasteiger partial charge in [-0.1, -0.05) is 17.7 Å². The summed E-state index contributed by atoms with van der Waals surface area (Å²) in [5.74, 6) is -1.54. The maximum absolute atomic E-state index is 12.9. The summed E-state index contributed by atoms with van der Waals surface area (Å²) in [5, 5.41) is 21.5. The molecule has 1 aliphatic rings. The smallest absolute Gasteiger partial charge is 0.295 e. The third kappa shape index (κ3) is 4.17. The van der Waals surface area contributed by atoms with Crippen LogP contribution in [0.3, 0.4) is 0 Å². The molecule has 2 N–H and O–H groups in total. The Morgan fingerprint density at radius 3 is 2.32 bits per heavy atom. The van der Waals surface area contributed by atoms with Gasteiger partial charge in [-0.15, -0.1) is 0 Å². The van der Waals surface area contributed by atoms with Crippen molar-refractivity contribution in [3.8, 4) is 17.2 Å². The highest BCUT2D eigenvalue weighted by Gasteiger charge is 2.46. The number of aliphatic hydroxyl groups excluding tert-OH is 1. The first-order chi connectivity index (χ1) is 14.8. The van der Waals surface area contributed by atoms with Gasteiger partial charge in [0.2, 0.25) is 0 Å². The zero-order valence-corrected chi connectivity index (χ0v) is 18.0. The number of benzene rings is 2. The van der Waals surface area contributed by atoms with Crippen LogP contribution in [0.1, 0.15) is 17.2 Å². The van der Waals surface area contributed by atoms with Crippen LogP contribution in [-0.2, 0) is 14.3 Å². The topological polar surface area (TPSA) is 106 Å². The number of hydrogen-bond acceptors (Lipinski definition) is 7. The summed E-state index contributed by atoms with van der Waals surface area (Å²) in [6.07, 6.45) is 0. The number of methoxy groups -OCH3 is 3. The molecule has 1 fully saturated rings. The summed E-state index contributed by atoms with van der Waals surface area (Å²) < 4.78 is 15.3. The first-order valence-corrected chi connectivity index (χ1v) is 9.70. The van der Waals surface area contributed by atoms with Crippen molar-refractivity contribution in [1.82, 2.24) is 4.90 Å². The predicted octanol–water partition coefficient (Wildman–Crippen LogP) is 3.13. The van der Waals surface area contributed by atoms with E-state index in [1.807, 2.05) is 0 Å². The minimum Gasteiger partial charge on any atom is -0.507 e. The summed E-state index contributed by atoms with van der Waals surface area (Å²) in [6.45, 7) is 0.290. The molecule has 0 spiro atoms. The number of phenolic OH excluding ortho intramolecular Hbond substituents is 1. The van der Waals surface area contributed by atoms with Gasteiger partial charge in [0.15, 0.2) is 11.5 Å². The van der Waals surface area contributed by atoms with Gasteiger partial charge < -0.3 is 29.3 Å². The molecule has 0 radical (unpaired) electrons. The van der Waals surface area contributed by atoms with Gasteiger partial charge in [0.25, 0.3) is 11.7 Å². The van der Waals surface area contributed by atoms with Gasteiger partial charge in [0, 0.05) is 19.2 Å². The molecule has 0 saturated carbocycles. The van der Waals surface area contributed by atoms with Crippen LogP contribution in [0.15, 0.2) is 42.0 Å². The van der Waals surface area contributed by atoms with E-state index >= 15 is 0 Å². The molecule has 0 aromatic heterocycles. The molecule has 1 amide bonds. The zero-order chi connectivity index (χ0) is 22.7. The van der Waals surface area contributed by atoms with Crippen LogP contribution in [0.4, 0.5) is 0 Å². The highest BCUT2D eigenvalue weighted by Crippen LogP contribution is 2.42. The summed E-state index contributed by atoms with van der Waals surface area (Å²) >= 11 is 6.17. The van der Waals surface area contributed by atoms with E-state index in [0.717, 1.165) is 0 Å². The molecule has 0 bridgehead atoms. The lowest BCUT2D eigenvalue weighted by Crippen LogP contribution is -2.32. The number of aliphatic hydroxyl groups is 1. The number of hydrogen-bond donors (Lipinski definition) is 2. The van der Waals surface area contributed by atoms with Gasteiger partial charge in [-0.05, 0) is 35.9 Å². The second-order valence-corrected chi connectivity index (χ2v) is 7.17. The number of Topliss-reactive ketones (excluding diaryl/α,β-unsaturated/α-hetero) is 1. The fourth-order valence-electron chi connectivity index (χ4n) is 3.49. The lowest BCUT2D eigenvalue weighted by Gasteiger charge is -2.25. The van der Waals surface area contributed by atoms with Crippen molar-refractivity contribution < 1.29 is 34.0 Å². The Morgan fingerprint density at radius 2 is 1.74 bits per heavy atom. The van der Waals surface area contributed by atoms with Crippen molar-refractivity contribution in [1.29, 1.82) is 0 Å². The first-order valence-electron chi connectivity index (χ1n) is 9.32. The molecular weight excluding hydrogens is 426 g/mol. The molecule has 3 rings (SSSR count). The van der Waals surface area contributed by atoms with Crippen LogP contribution >= 0.6 is 11.6 Å². The Balaban J connectivity index is 2.18. The number of likely N-dealkylation sites (tertiary alicyclic amines) is 1. The molecule has 9 heteroatoms. The number of aromatic hydroxyl groups is 1. The number of phenols is 1. The fraction of sp³-hybridized carbons (Fsp3) is 0.273. The molecule has 164 valence electrons. The number of carbonyl (C=O) groups is 2. The number of halogens is 1. The average Bonchev–Trinajstić information content (AvgIpc) is 3.01. The van der Waals surface area contributed by atoms with E-state index in [-0.39, 0.29) is 46.6 Å². The third-order valence-electron chi connectivity index (χ3n) is 5.02. The highest BCUT2D eigenvalue weighted by molar-refractivity contribution is 6.46. The van der Waals surface area contributed by atoms with Crippen molar-refractivity contribution in [2.24, 2.45) is 0 Å². The van der Waals surface area contributed by atoms with E-state index in [4.69, 9.17) is 25.8 Å². The summed E-state index contributed by atoms with van der Waals surface area (Å²) in [4.78, 5) is 27.0. The van der Waals surface area contributed by atoms with Gasteiger partial charge in [-0.25, -0.2) is 0 Å². The Kier molecular flexibility index (Phi) is 6.72. The van der Waals surface area contributed by atoms with Crippen LogP contribution in [0.25, 0.3) is 5.76 Å². The van der Waals surface area contributed by atoms with E-state index in [9.17, 15) is 19.8 Å². The van der Waals surface area contributed by atoms with Crippen LogP contribution in [-0.4, -0.2) is 61.3 Å². The largest absolute Gasteiger partial charge is 0.507 e. The number of carbonyl (C=O) groups excluding carboxylic acids is 2. The quantitative estimate of drug-likeness (QED) is 0.381. The van der Waals surface area contributed by atoms with Crippen LogP contribution in [0.5, 0.6) is 17.2 Å². The second-order valence-electron chi connectivity index (χ2n) is 6.77. The van der Waals surface area contributed by atoms with Crippen LogP contribution in [0, 0.1) is 0 Å². The van der Waals surface area contributed by atoms with Gasteiger partial charge in [-0.2, -0.15) is 0 Å². The van der Waals surface area contributed by atoms with Crippen LogP contribution in [0.2, 0.25) is 5.02 Å². The Morgan fingerprint density at radius 1 is 1.06 bits per heavy atom. The lowest BCUT2D eigenvalue weighted by molar-refractivity contribution is -0.140. The molecule has 31 heavy (non-hydrogen) atoms. The predicted molar refractivity (Wildman–Crippen MR) is 114 cm³/mol. The molecule has 1 saturated heterocycles. The zero-order valence-electron chi connectivity index (χ0n) is 17.2. The number of ketones is 1. The molecule has 2 aromatic rings. The molecular formula is C22H22ClNO7. The maximum atomic E-state index is 12.9. The fourth-order valence-corrected chi connectivity index (χ4v) is 3.75. The number of nitrogens with zero attached hydrogens (tertiary/aromatic N) is 1. The van der Waals surface area contributed by atoms with E-state index < -0.39 is 17.7 Å². The van der Waals surface area contributed by atoms with Crippen molar-refractivity contribution in [2.75, 3.05) is 34.5 Å². The SMILES string of the molecule is COCCN1C(=O)C(=O)/C(=C(\O)c2ccc(OC)c(Cl)c2)C1c1ccc(OC)c(O)c1. The third-order valence-corrected chi connectivity index (χ3v) is 5.32. The van der Waals surface area contributed by atoms with E-state index in [0.29, 0.717) is 11.3 Å². The minimum absolute atomic E-state index is 0.110. The summed E-state index contributed by atoms with van der Waals surface area (Å²) in [5.41, 5.74) is 0.556. The van der Waals surface area contributed by atoms with Gasteiger partial charge >= 0.3 is 0 Å². The Bertz CT molecular complexity index is 1050. The van der Waals surface area contributed by atoms with Crippen molar-refractivity contribution in [3.63, 3.8) is 0 Å². The maximum Gasteiger partial charge on any atom is 0.295 e. The molecule has 2 aromatic carbocycles. The minimum atomic E-state index is -0.937. The van der Waals surface area contributed by atoms with Gasteiger partial charge in [0.1, 0.15) is 11.5 Å².